The number of halogens is 1. The van der Waals surface area contributed by atoms with Crippen molar-refractivity contribution in [3.8, 4) is 0 Å². The Labute approximate surface area is 108 Å². The number of carboxylic acids is 1. The van der Waals surface area contributed by atoms with E-state index < -0.39 is 5.97 Å². The van der Waals surface area contributed by atoms with E-state index in [9.17, 15) is 9.18 Å². The van der Waals surface area contributed by atoms with Gasteiger partial charge >= 0.3 is 5.97 Å². The van der Waals surface area contributed by atoms with E-state index >= 15 is 0 Å². The van der Waals surface area contributed by atoms with Gasteiger partial charge in [0.05, 0.1) is 5.92 Å². The number of hydrogen-bond donors (Lipinski definition) is 1. The molecule has 0 saturated carbocycles. The molecular weight excluding hydrogens is 231 g/mol. The molecule has 0 aliphatic carbocycles. The van der Waals surface area contributed by atoms with Gasteiger partial charge in [0.2, 0.25) is 0 Å². The summed E-state index contributed by atoms with van der Waals surface area (Å²) < 4.78 is 13.0. The maximum atomic E-state index is 13.0. The summed E-state index contributed by atoms with van der Waals surface area (Å²) in [4.78, 5) is 10.7. The van der Waals surface area contributed by atoms with E-state index in [-0.39, 0.29) is 11.7 Å². The van der Waals surface area contributed by atoms with Gasteiger partial charge in [0.1, 0.15) is 5.82 Å². The van der Waals surface area contributed by atoms with Crippen molar-refractivity contribution >= 4 is 5.97 Å². The molecule has 18 heavy (non-hydrogen) atoms. The second kappa shape index (κ2) is 7.14. The third kappa shape index (κ3) is 5.30. The number of rotatable bonds is 7. The molecule has 1 rings (SSSR count). The molecule has 1 aromatic carbocycles. The number of benzene rings is 1. The van der Waals surface area contributed by atoms with Crippen LogP contribution in [-0.4, -0.2) is 11.1 Å². The minimum Gasteiger partial charge on any atom is -0.481 e. The molecule has 0 aliphatic rings. The highest BCUT2D eigenvalue weighted by Crippen LogP contribution is 2.18. The van der Waals surface area contributed by atoms with Gasteiger partial charge in [0.25, 0.3) is 0 Å². The van der Waals surface area contributed by atoms with Crippen LogP contribution in [0.25, 0.3) is 0 Å². The monoisotopic (exact) mass is 252 g/mol. The normalized spacial score (nSPS) is 14.2. The molecule has 0 spiro atoms. The maximum absolute atomic E-state index is 13.0. The van der Waals surface area contributed by atoms with Crippen LogP contribution in [0.4, 0.5) is 4.39 Å². The minimum absolute atomic E-state index is 0.195. The first kappa shape index (κ1) is 14.7. The Balaban J connectivity index is 2.29. The van der Waals surface area contributed by atoms with E-state index in [1.54, 1.807) is 19.1 Å². The molecular formula is C15H21FO2. The molecule has 0 radical (unpaired) electrons. The highest BCUT2D eigenvalue weighted by Gasteiger charge is 2.12. The van der Waals surface area contributed by atoms with Crippen molar-refractivity contribution in [3.63, 3.8) is 0 Å². The quantitative estimate of drug-likeness (QED) is 0.799. The molecule has 1 N–H and O–H groups in total. The summed E-state index contributed by atoms with van der Waals surface area (Å²) in [5.74, 6) is -0.733. The first-order chi connectivity index (χ1) is 8.49. The number of carbonyl (C=O) groups is 1. The van der Waals surface area contributed by atoms with Crippen molar-refractivity contribution < 1.29 is 14.3 Å². The molecule has 0 fully saturated rings. The van der Waals surface area contributed by atoms with Crippen LogP contribution in [0.15, 0.2) is 24.3 Å². The second-order valence-electron chi connectivity index (χ2n) is 5.09. The van der Waals surface area contributed by atoms with Gasteiger partial charge in [-0.05, 0) is 49.3 Å². The van der Waals surface area contributed by atoms with E-state index in [0.717, 1.165) is 24.8 Å². The van der Waals surface area contributed by atoms with Crippen LogP contribution in [0, 0.1) is 17.7 Å². The smallest absolute Gasteiger partial charge is 0.306 e. The zero-order valence-corrected chi connectivity index (χ0v) is 11.0. The summed E-state index contributed by atoms with van der Waals surface area (Å²) in [6, 6.07) is 6.66. The molecule has 100 valence electrons. The summed E-state index contributed by atoms with van der Waals surface area (Å²) in [7, 11) is 0. The van der Waals surface area contributed by atoms with Crippen molar-refractivity contribution in [1.29, 1.82) is 0 Å². The van der Waals surface area contributed by atoms with Crippen molar-refractivity contribution in [2.75, 3.05) is 0 Å². The van der Waals surface area contributed by atoms with Gasteiger partial charge < -0.3 is 5.11 Å². The number of hydrogen-bond acceptors (Lipinski definition) is 1. The molecule has 0 heterocycles. The highest BCUT2D eigenvalue weighted by molar-refractivity contribution is 5.69. The summed E-state index contributed by atoms with van der Waals surface area (Å²) in [5.41, 5.74) is 1.01. The van der Waals surface area contributed by atoms with Crippen molar-refractivity contribution in [2.24, 2.45) is 11.8 Å². The largest absolute Gasteiger partial charge is 0.481 e. The van der Waals surface area contributed by atoms with Gasteiger partial charge in [-0.15, -0.1) is 0 Å². The summed E-state index contributed by atoms with van der Waals surface area (Å²) in [6.07, 6.45) is 3.43. The molecule has 0 amide bonds. The topological polar surface area (TPSA) is 37.3 Å². The Bertz CT molecular complexity index is 390. The Morgan fingerprint density at radius 3 is 2.61 bits per heavy atom. The lowest BCUT2D eigenvalue weighted by Crippen LogP contribution is -2.11. The fourth-order valence-electron chi connectivity index (χ4n) is 1.91. The van der Waals surface area contributed by atoms with E-state index in [2.05, 4.69) is 6.92 Å². The first-order valence-electron chi connectivity index (χ1n) is 6.46. The van der Waals surface area contributed by atoms with E-state index in [1.165, 1.54) is 6.07 Å². The molecule has 0 aliphatic heterocycles. The molecule has 0 bridgehead atoms. The number of carboxylic acid groups (broad SMARTS) is 1. The number of aliphatic carboxylic acids is 1. The van der Waals surface area contributed by atoms with Crippen LogP contribution in [0.1, 0.15) is 38.7 Å². The van der Waals surface area contributed by atoms with Gasteiger partial charge in [-0.1, -0.05) is 26.0 Å². The summed E-state index contributed by atoms with van der Waals surface area (Å²) in [6.45, 7) is 3.86. The predicted molar refractivity (Wildman–Crippen MR) is 69.9 cm³/mol. The van der Waals surface area contributed by atoms with E-state index in [4.69, 9.17) is 5.11 Å². The molecule has 1 aromatic rings. The summed E-state index contributed by atoms with van der Waals surface area (Å²) >= 11 is 0. The van der Waals surface area contributed by atoms with Crippen LogP contribution < -0.4 is 0 Å². The van der Waals surface area contributed by atoms with Gasteiger partial charge in [-0.3, -0.25) is 4.79 Å². The predicted octanol–water partition coefficient (Wildman–Crippen LogP) is 3.90. The molecule has 2 atom stereocenters. The average molecular weight is 252 g/mol. The second-order valence-corrected chi connectivity index (χ2v) is 5.09. The molecule has 3 heteroatoms. The van der Waals surface area contributed by atoms with Gasteiger partial charge in [0, 0.05) is 0 Å². The van der Waals surface area contributed by atoms with Gasteiger partial charge in [-0.25, -0.2) is 4.39 Å². The van der Waals surface area contributed by atoms with Crippen LogP contribution >= 0.6 is 0 Å². The fraction of sp³-hybridized carbons (Fsp3) is 0.533. The first-order valence-corrected chi connectivity index (χ1v) is 6.46. The Kier molecular flexibility index (Phi) is 5.83. The fourth-order valence-corrected chi connectivity index (χ4v) is 1.91. The Morgan fingerprint density at radius 1 is 1.28 bits per heavy atom. The van der Waals surface area contributed by atoms with Crippen molar-refractivity contribution in [1.82, 2.24) is 0 Å². The van der Waals surface area contributed by atoms with Gasteiger partial charge in [0.15, 0.2) is 0 Å². The lowest BCUT2D eigenvalue weighted by atomic mass is 9.93. The van der Waals surface area contributed by atoms with E-state index in [0.29, 0.717) is 12.3 Å². The third-order valence-electron chi connectivity index (χ3n) is 3.33. The van der Waals surface area contributed by atoms with Crippen molar-refractivity contribution in [2.45, 2.75) is 39.5 Å². The highest BCUT2D eigenvalue weighted by atomic mass is 19.1. The number of aryl methyl sites for hydroxylation is 1. The lowest BCUT2D eigenvalue weighted by molar-refractivity contribution is -0.141. The maximum Gasteiger partial charge on any atom is 0.306 e. The summed E-state index contributed by atoms with van der Waals surface area (Å²) in [5, 5.41) is 8.79. The van der Waals surface area contributed by atoms with Crippen LogP contribution in [0.3, 0.4) is 0 Å². The zero-order valence-electron chi connectivity index (χ0n) is 11.0. The van der Waals surface area contributed by atoms with Crippen LogP contribution in [0.2, 0.25) is 0 Å². The molecule has 2 unspecified atom stereocenters. The average Bonchev–Trinajstić information content (AvgIpc) is 2.33. The van der Waals surface area contributed by atoms with Crippen LogP contribution in [-0.2, 0) is 11.2 Å². The standard InChI is InChI=1S/C15H21FO2/c1-11(6-8-12(2)15(17)18)7-9-13-4-3-5-14(16)10-13/h3-5,10-12H,6-9H2,1-2H3,(H,17,18). The zero-order chi connectivity index (χ0) is 13.5. The molecule has 0 aromatic heterocycles. The third-order valence-corrected chi connectivity index (χ3v) is 3.33. The molecule has 2 nitrogen and oxygen atoms in total. The lowest BCUT2D eigenvalue weighted by Gasteiger charge is -2.13. The minimum atomic E-state index is -0.729. The molecule has 0 saturated heterocycles. The Morgan fingerprint density at radius 2 is 2.00 bits per heavy atom. The van der Waals surface area contributed by atoms with E-state index in [1.807, 2.05) is 6.07 Å². The van der Waals surface area contributed by atoms with Crippen molar-refractivity contribution in [3.05, 3.63) is 35.6 Å². The SMILES string of the molecule is CC(CCc1cccc(F)c1)CCC(C)C(=O)O. The van der Waals surface area contributed by atoms with Crippen LogP contribution in [0.5, 0.6) is 0 Å². The Hall–Kier alpha value is -1.38. The van der Waals surface area contributed by atoms with Gasteiger partial charge in [-0.2, -0.15) is 0 Å².